The lowest BCUT2D eigenvalue weighted by molar-refractivity contribution is 0.106. The average Bonchev–Trinajstić information content (AvgIpc) is 2.93. The number of pyridine rings is 1. The van der Waals surface area contributed by atoms with Crippen LogP contribution in [0.15, 0.2) is 58.9 Å². The first kappa shape index (κ1) is 14.7. The smallest absolute Gasteiger partial charge is 0.232 e. The summed E-state index contributed by atoms with van der Waals surface area (Å²) in [6.45, 7) is 1.95. The molecule has 0 fully saturated rings. The first-order valence-electron chi connectivity index (χ1n) is 7.50. The summed E-state index contributed by atoms with van der Waals surface area (Å²) in [6, 6.07) is 11.8. The number of benzene rings is 1. The first-order valence-corrected chi connectivity index (χ1v) is 8.31. The van der Waals surface area contributed by atoms with Gasteiger partial charge >= 0.3 is 0 Å². The Labute approximate surface area is 142 Å². The summed E-state index contributed by atoms with van der Waals surface area (Å²) in [5.74, 6) is -0.191. The fourth-order valence-corrected chi connectivity index (χ4v) is 3.69. The highest BCUT2D eigenvalue weighted by Crippen LogP contribution is 2.23. The molecule has 0 unspecified atom stereocenters. The van der Waals surface area contributed by atoms with Crippen molar-refractivity contribution in [1.29, 1.82) is 0 Å². The van der Waals surface area contributed by atoms with Crippen LogP contribution in [0, 0.1) is 0 Å². The van der Waals surface area contributed by atoms with E-state index in [-0.39, 0.29) is 5.78 Å². The number of para-hydroxylation sites is 1. The van der Waals surface area contributed by atoms with E-state index in [4.69, 9.17) is 0 Å². The van der Waals surface area contributed by atoms with E-state index in [0.717, 1.165) is 26.2 Å². The molecule has 0 N–H and O–H groups in total. The normalized spacial score (nSPS) is 16.6. The SMILES string of the molecule is CC1=C/C(=N\N=c2\sc3ccccc3n2C)C(=O)c2ncccc21. The van der Waals surface area contributed by atoms with Crippen LogP contribution in [-0.2, 0) is 7.05 Å². The lowest BCUT2D eigenvalue weighted by Gasteiger charge is -2.12. The van der Waals surface area contributed by atoms with E-state index >= 15 is 0 Å². The third-order valence-electron chi connectivity index (χ3n) is 3.99. The van der Waals surface area contributed by atoms with Crippen LogP contribution in [0.1, 0.15) is 23.0 Å². The number of nitrogens with zero attached hydrogens (tertiary/aromatic N) is 4. The summed E-state index contributed by atoms with van der Waals surface area (Å²) in [6.07, 6.45) is 3.39. The Hall–Kier alpha value is -2.86. The van der Waals surface area contributed by atoms with Crippen LogP contribution in [0.25, 0.3) is 15.8 Å². The van der Waals surface area contributed by atoms with Crippen molar-refractivity contribution in [2.75, 3.05) is 0 Å². The largest absolute Gasteiger partial charge is 0.318 e. The molecule has 0 aliphatic heterocycles. The zero-order chi connectivity index (χ0) is 16.7. The van der Waals surface area contributed by atoms with Crippen molar-refractivity contribution in [3.8, 4) is 0 Å². The zero-order valence-corrected chi connectivity index (χ0v) is 14.0. The second-order valence-electron chi connectivity index (χ2n) is 5.55. The summed E-state index contributed by atoms with van der Waals surface area (Å²) in [7, 11) is 1.94. The van der Waals surface area contributed by atoms with E-state index in [1.165, 1.54) is 0 Å². The molecule has 0 radical (unpaired) electrons. The maximum absolute atomic E-state index is 12.5. The molecule has 0 bridgehead atoms. The average molecular weight is 334 g/mol. The van der Waals surface area contributed by atoms with E-state index in [1.807, 2.05) is 54.9 Å². The lowest BCUT2D eigenvalue weighted by Crippen LogP contribution is -2.20. The number of fused-ring (bicyclic) bond motifs is 2. The minimum atomic E-state index is -0.191. The molecule has 0 saturated carbocycles. The van der Waals surface area contributed by atoms with Crippen LogP contribution in [0.4, 0.5) is 0 Å². The summed E-state index contributed by atoms with van der Waals surface area (Å²) in [5.41, 5.74) is 3.67. The quantitative estimate of drug-likeness (QED) is 0.642. The number of aromatic nitrogens is 2. The Morgan fingerprint density at radius 2 is 1.96 bits per heavy atom. The Bertz CT molecular complexity index is 1100. The summed E-state index contributed by atoms with van der Waals surface area (Å²) in [5, 5.41) is 8.51. The zero-order valence-electron chi connectivity index (χ0n) is 13.2. The van der Waals surface area contributed by atoms with Gasteiger partial charge in [0.25, 0.3) is 0 Å². The molecule has 0 atom stereocenters. The van der Waals surface area contributed by atoms with Crippen LogP contribution in [-0.4, -0.2) is 21.0 Å². The van der Waals surface area contributed by atoms with Crippen molar-refractivity contribution >= 4 is 38.6 Å². The number of hydrogen-bond acceptors (Lipinski definition) is 5. The van der Waals surface area contributed by atoms with E-state index in [2.05, 4.69) is 15.2 Å². The molecule has 24 heavy (non-hydrogen) atoms. The highest BCUT2D eigenvalue weighted by Gasteiger charge is 2.23. The van der Waals surface area contributed by atoms with Gasteiger partial charge < -0.3 is 4.57 Å². The molecule has 2 aromatic heterocycles. The molecule has 0 amide bonds. The highest BCUT2D eigenvalue weighted by atomic mass is 32.1. The van der Waals surface area contributed by atoms with Crippen molar-refractivity contribution in [3.05, 3.63) is 64.7 Å². The van der Waals surface area contributed by atoms with Gasteiger partial charge in [-0.25, -0.2) is 0 Å². The molecule has 1 aromatic carbocycles. The molecule has 4 rings (SSSR count). The molecule has 3 aromatic rings. The Morgan fingerprint density at radius 3 is 2.79 bits per heavy atom. The standard InChI is InChI=1S/C18H14N4OS/c1-11-10-13(17(23)16-12(11)6-5-9-19-16)20-21-18-22(2)14-7-3-4-8-15(14)24-18/h3-10H,1-2H3/b20-13+,21-18+. The summed E-state index contributed by atoms with van der Waals surface area (Å²) in [4.78, 5) is 17.5. The van der Waals surface area contributed by atoms with Gasteiger partial charge in [-0.3, -0.25) is 9.78 Å². The number of aryl methyl sites for hydroxylation is 1. The van der Waals surface area contributed by atoms with Gasteiger partial charge in [0.05, 0.1) is 10.2 Å². The first-order chi connectivity index (χ1) is 11.6. The van der Waals surface area contributed by atoms with E-state index in [9.17, 15) is 4.79 Å². The van der Waals surface area contributed by atoms with Crippen LogP contribution in [0.3, 0.4) is 0 Å². The van der Waals surface area contributed by atoms with Gasteiger partial charge in [-0.1, -0.05) is 29.5 Å². The number of carbonyl (C=O) groups is 1. The third-order valence-corrected chi connectivity index (χ3v) is 5.09. The fourth-order valence-electron chi connectivity index (χ4n) is 2.72. The monoisotopic (exact) mass is 334 g/mol. The minimum absolute atomic E-state index is 0.191. The Kier molecular flexibility index (Phi) is 3.46. The second kappa shape index (κ2) is 5.65. The molecule has 0 saturated heterocycles. The minimum Gasteiger partial charge on any atom is -0.318 e. The van der Waals surface area contributed by atoms with Gasteiger partial charge in [0, 0.05) is 18.8 Å². The van der Waals surface area contributed by atoms with E-state index < -0.39 is 0 Å². The molecule has 2 heterocycles. The molecule has 6 heteroatoms. The molecule has 1 aliphatic carbocycles. The number of thiazole rings is 1. The maximum atomic E-state index is 12.5. The van der Waals surface area contributed by atoms with Crippen molar-refractivity contribution in [2.24, 2.45) is 17.3 Å². The molecule has 118 valence electrons. The molecular formula is C18H14N4OS. The van der Waals surface area contributed by atoms with Crippen molar-refractivity contribution in [1.82, 2.24) is 9.55 Å². The molecular weight excluding hydrogens is 320 g/mol. The van der Waals surface area contributed by atoms with Crippen molar-refractivity contribution < 1.29 is 4.79 Å². The van der Waals surface area contributed by atoms with Gasteiger partial charge in [0.2, 0.25) is 10.6 Å². The second-order valence-corrected chi connectivity index (χ2v) is 6.56. The predicted octanol–water partition coefficient (Wildman–Crippen LogP) is 3.19. The van der Waals surface area contributed by atoms with Crippen LogP contribution in [0.2, 0.25) is 0 Å². The van der Waals surface area contributed by atoms with Crippen LogP contribution >= 0.6 is 11.3 Å². The van der Waals surface area contributed by atoms with Gasteiger partial charge in [-0.15, -0.1) is 10.2 Å². The Morgan fingerprint density at radius 1 is 1.12 bits per heavy atom. The van der Waals surface area contributed by atoms with Crippen LogP contribution in [0.5, 0.6) is 0 Å². The summed E-state index contributed by atoms with van der Waals surface area (Å²) >= 11 is 1.54. The van der Waals surface area contributed by atoms with E-state index in [1.54, 1.807) is 23.6 Å². The highest BCUT2D eigenvalue weighted by molar-refractivity contribution is 7.16. The predicted molar refractivity (Wildman–Crippen MR) is 96.0 cm³/mol. The van der Waals surface area contributed by atoms with Gasteiger partial charge in [0.1, 0.15) is 11.4 Å². The number of ketones is 1. The van der Waals surface area contributed by atoms with Gasteiger partial charge in [-0.2, -0.15) is 0 Å². The van der Waals surface area contributed by atoms with Crippen molar-refractivity contribution in [3.63, 3.8) is 0 Å². The van der Waals surface area contributed by atoms with Crippen LogP contribution < -0.4 is 4.80 Å². The molecule has 1 aliphatic rings. The number of allylic oxidation sites excluding steroid dienone is 2. The lowest BCUT2D eigenvalue weighted by atomic mass is 9.94. The number of hydrogen-bond donors (Lipinski definition) is 0. The van der Waals surface area contributed by atoms with Crippen molar-refractivity contribution in [2.45, 2.75) is 6.92 Å². The molecule has 5 nitrogen and oxygen atoms in total. The Balaban J connectivity index is 1.83. The fraction of sp³-hybridized carbons (Fsp3) is 0.111. The van der Waals surface area contributed by atoms with E-state index in [0.29, 0.717) is 11.4 Å². The van der Waals surface area contributed by atoms with Gasteiger partial charge in [-0.05, 0) is 36.8 Å². The maximum Gasteiger partial charge on any atom is 0.232 e. The third kappa shape index (κ3) is 2.32. The number of rotatable bonds is 1. The topological polar surface area (TPSA) is 59.6 Å². The molecule has 0 spiro atoms. The van der Waals surface area contributed by atoms with Gasteiger partial charge in [0.15, 0.2) is 0 Å². The summed E-state index contributed by atoms with van der Waals surface area (Å²) < 4.78 is 3.10. The number of Topliss-reactive ketones (excluding diaryl/α,β-unsaturated/α-hetero) is 1. The number of carbonyl (C=O) groups excluding carboxylic acids is 1.